The zero-order chi connectivity index (χ0) is 8.10. The minimum Gasteiger partial charge on any atom is -0.300 e. The lowest BCUT2D eigenvalue weighted by atomic mass is 10.3. The Balaban J connectivity index is 2.74. The van der Waals surface area contributed by atoms with Gasteiger partial charge in [0, 0.05) is 6.20 Å². The molecule has 0 bridgehead atoms. The Kier molecular flexibility index (Phi) is 3.01. The Labute approximate surface area is 66.8 Å². The van der Waals surface area contributed by atoms with Gasteiger partial charge in [-0.15, -0.1) is 0 Å². The van der Waals surface area contributed by atoms with Gasteiger partial charge in [0.25, 0.3) is 0 Å². The lowest BCUT2D eigenvalue weighted by Gasteiger charge is -2.13. The molecule has 0 aromatic carbocycles. The molecule has 0 saturated carbocycles. The van der Waals surface area contributed by atoms with E-state index in [1.165, 1.54) is 0 Å². The third kappa shape index (κ3) is 2.00. The van der Waals surface area contributed by atoms with Gasteiger partial charge in [-0.05, 0) is 26.2 Å². The van der Waals surface area contributed by atoms with Gasteiger partial charge in [0.2, 0.25) is 0 Å². The molecule has 0 radical (unpaired) electrons. The number of hydrogen-bond acceptors (Lipinski definition) is 3. The number of nitrogens with zero attached hydrogens (tertiary/aromatic N) is 1. The van der Waals surface area contributed by atoms with Crippen molar-refractivity contribution in [1.29, 1.82) is 0 Å². The normalized spacial score (nSPS) is 10.5. The molecule has 1 aromatic rings. The lowest BCUT2D eigenvalue weighted by molar-refractivity contribution is 0.507. The number of nitrogens with one attached hydrogen (secondary N) is 2. The van der Waals surface area contributed by atoms with Crippen LogP contribution in [0.15, 0.2) is 24.4 Å². The fraction of sp³-hybridized carbons (Fsp3) is 0.375. The first-order valence-electron chi connectivity index (χ1n) is 3.64. The maximum Gasteiger partial charge on any atom is 0.101 e. The molecule has 0 unspecified atom stereocenters. The summed E-state index contributed by atoms with van der Waals surface area (Å²) in [4.78, 5) is 4.20. The predicted octanol–water partition coefficient (Wildman–Crippen LogP) is 0.519. The van der Waals surface area contributed by atoms with Crippen molar-refractivity contribution in [2.75, 3.05) is 14.1 Å². The van der Waals surface area contributed by atoms with Gasteiger partial charge in [0.05, 0.1) is 5.69 Å². The van der Waals surface area contributed by atoms with Gasteiger partial charge < -0.3 is 0 Å². The van der Waals surface area contributed by atoms with Crippen LogP contribution >= 0.6 is 0 Å². The van der Waals surface area contributed by atoms with E-state index >= 15 is 0 Å². The van der Waals surface area contributed by atoms with Crippen molar-refractivity contribution in [3.63, 3.8) is 0 Å². The highest BCUT2D eigenvalue weighted by molar-refractivity contribution is 5.07. The van der Waals surface area contributed by atoms with Gasteiger partial charge in [0.1, 0.15) is 6.17 Å². The highest BCUT2D eigenvalue weighted by Gasteiger charge is 2.04. The topological polar surface area (TPSA) is 37.0 Å². The maximum absolute atomic E-state index is 4.20. The largest absolute Gasteiger partial charge is 0.300 e. The molecule has 3 heteroatoms. The lowest BCUT2D eigenvalue weighted by Crippen LogP contribution is -2.29. The summed E-state index contributed by atoms with van der Waals surface area (Å²) >= 11 is 0. The Hall–Kier alpha value is -0.930. The van der Waals surface area contributed by atoms with Crippen LogP contribution in [0, 0.1) is 0 Å². The Bertz CT molecular complexity index is 194. The molecule has 60 valence electrons. The standard InChI is InChI=1S/C8H13N3/c1-9-8(10-2)7-5-3-4-6-11-7/h3-6,8-10H,1-2H3. The molecule has 0 spiro atoms. The van der Waals surface area contributed by atoms with E-state index in [-0.39, 0.29) is 6.17 Å². The van der Waals surface area contributed by atoms with Crippen molar-refractivity contribution < 1.29 is 0 Å². The molecule has 0 aliphatic rings. The van der Waals surface area contributed by atoms with Crippen molar-refractivity contribution in [3.8, 4) is 0 Å². The third-order valence-electron chi connectivity index (χ3n) is 1.56. The summed E-state index contributed by atoms with van der Waals surface area (Å²) in [6.45, 7) is 0. The second-order valence-electron chi connectivity index (χ2n) is 2.26. The summed E-state index contributed by atoms with van der Waals surface area (Å²) in [6.07, 6.45) is 1.94. The summed E-state index contributed by atoms with van der Waals surface area (Å²) in [7, 11) is 3.80. The summed E-state index contributed by atoms with van der Waals surface area (Å²) in [6, 6.07) is 5.87. The molecule has 2 N–H and O–H groups in total. The molecule has 0 amide bonds. The highest BCUT2D eigenvalue weighted by Crippen LogP contribution is 2.02. The van der Waals surface area contributed by atoms with Crippen molar-refractivity contribution in [2.45, 2.75) is 6.17 Å². The smallest absolute Gasteiger partial charge is 0.101 e. The fourth-order valence-corrected chi connectivity index (χ4v) is 0.987. The van der Waals surface area contributed by atoms with Crippen molar-refractivity contribution in [3.05, 3.63) is 30.1 Å². The average molecular weight is 151 g/mol. The van der Waals surface area contributed by atoms with Crippen LogP contribution < -0.4 is 10.6 Å². The minimum atomic E-state index is 0.149. The van der Waals surface area contributed by atoms with E-state index in [1.807, 2.05) is 32.3 Å². The van der Waals surface area contributed by atoms with Crippen LogP contribution in [0.3, 0.4) is 0 Å². The molecule has 1 aromatic heterocycles. The molecule has 3 nitrogen and oxygen atoms in total. The molecule has 0 saturated heterocycles. The fourth-order valence-electron chi connectivity index (χ4n) is 0.987. The second kappa shape index (κ2) is 4.05. The monoisotopic (exact) mass is 151 g/mol. The number of rotatable bonds is 3. The Morgan fingerprint density at radius 3 is 2.45 bits per heavy atom. The van der Waals surface area contributed by atoms with Gasteiger partial charge >= 0.3 is 0 Å². The van der Waals surface area contributed by atoms with Crippen LogP contribution in [0.2, 0.25) is 0 Å². The average Bonchev–Trinajstić information content (AvgIpc) is 2.09. The molecule has 11 heavy (non-hydrogen) atoms. The van der Waals surface area contributed by atoms with E-state index in [9.17, 15) is 0 Å². The molecule has 0 atom stereocenters. The maximum atomic E-state index is 4.20. The quantitative estimate of drug-likeness (QED) is 0.618. The first-order chi connectivity index (χ1) is 5.38. The first kappa shape index (κ1) is 8.17. The van der Waals surface area contributed by atoms with Crippen LogP contribution in [0.5, 0.6) is 0 Å². The van der Waals surface area contributed by atoms with E-state index in [4.69, 9.17) is 0 Å². The first-order valence-corrected chi connectivity index (χ1v) is 3.64. The highest BCUT2D eigenvalue weighted by atomic mass is 15.1. The van der Waals surface area contributed by atoms with Crippen molar-refractivity contribution in [2.24, 2.45) is 0 Å². The van der Waals surface area contributed by atoms with E-state index in [0.717, 1.165) is 5.69 Å². The van der Waals surface area contributed by atoms with Gasteiger partial charge in [-0.2, -0.15) is 0 Å². The minimum absolute atomic E-state index is 0.149. The molecule has 1 rings (SSSR count). The second-order valence-corrected chi connectivity index (χ2v) is 2.26. The van der Waals surface area contributed by atoms with Crippen LogP contribution in [0.25, 0.3) is 0 Å². The third-order valence-corrected chi connectivity index (χ3v) is 1.56. The SMILES string of the molecule is CNC(NC)c1ccccn1. The van der Waals surface area contributed by atoms with Gasteiger partial charge in [-0.1, -0.05) is 6.07 Å². The number of pyridine rings is 1. The van der Waals surface area contributed by atoms with Crippen LogP contribution in [-0.4, -0.2) is 19.1 Å². The molecule has 0 fully saturated rings. The van der Waals surface area contributed by atoms with E-state index in [1.54, 1.807) is 6.20 Å². The van der Waals surface area contributed by atoms with Gasteiger partial charge in [0.15, 0.2) is 0 Å². The molecular formula is C8H13N3. The zero-order valence-corrected chi connectivity index (χ0v) is 6.83. The van der Waals surface area contributed by atoms with E-state index < -0.39 is 0 Å². The summed E-state index contributed by atoms with van der Waals surface area (Å²) < 4.78 is 0. The summed E-state index contributed by atoms with van der Waals surface area (Å²) in [5.74, 6) is 0. The molecule has 0 aliphatic carbocycles. The molecule has 1 heterocycles. The Morgan fingerprint density at radius 1 is 1.27 bits per heavy atom. The van der Waals surface area contributed by atoms with Crippen molar-refractivity contribution >= 4 is 0 Å². The van der Waals surface area contributed by atoms with E-state index in [0.29, 0.717) is 0 Å². The summed E-state index contributed by atoms with van der Waals surface area (Å²) in [5.41, 5.74) is 1.01. The van der Waals surface area contributed by atoms with Gasteiger partial charge in [-0.25, -0.2) is 0 Å². The predicted molar refractivity (Wildman–Crippen MR) is 45.1 cm³/mol. The van der Waals surface area contributed by atoms with E-state index in [2.05, 4.69) is 15.6 Å². The summed E-state index contributed by atoms with van der Waals surface area (Å²) in [5, 5.41) is 6.19. The Morgan fingerprint density at radius 2 is 2.00 bits per heavy atom. The molecular weight excluding hydrogens is 138 g/mol. The number of aromatic nitrogens is 1. The zero-order valence-electron chi connectivity index (χ0n) is 6.83. The van der Waals surface area contributed by atoms with Gasteiger partial charge in [-0.3, -0.25) is 15.6 Å². The van der Waals surface area contributed by atoms with Crippen LogP contribution in [-0.2, 0) is 0 Å². The number of hydrogen-bond donors (Lipinski definition) is 2. The van der Waals surface area contributed by atoms with Crippen molar-refractivity contribution in [1.82, 2.24) is 15.6 Å². The van der Waals surface area contributed by atoms with Crippen LogP contribution in [0.4, 0.5) is 0 Å². The molecule has 0 aliphatic heterocycles. The van der Waals surface area contributed by atoms with Crippen LogP contribution in [0.1, 0.15) is 11.9 Å².